The summed E-state index contributed by atoms with van der Waals surface area (Å²) in [5, 5.41) is 2.58. The van der Waals surface area contributed by atoms with Crippen molar-refractivity contribution in [1.29, 1.82) is 0 Å². The number of rotatable bonds is 1. The Kier molecular flexibility index (Phi) is 3.77. The van der Waals surface area contributed by atoms with Crippen LogP contribution in [0.4, 0.5) is 26.3 Å². The fourth-order valence-electron chi connectivity index (χ4n) is 2.04. The molecule has 0 amide bonds. The molecule has 0 bridgehead atoms. The molecule has 1 heterocycles. The van der Waals surface area contributed by atoms with E-state index < -0.39 is 29.5 Å². The lowest BCUT2D eigenvalue weighted by Gasteiger charge is -2.24. The molecular formula is C12H11F6N3. The molecule has 21 heavy (non-hydrogen) atoms. The Labute approximate surface area is 115 Å². The lowest BCUT2D eigenvalue weighted by Crippen LogP contribution is -2.38. The van der Waals surface area contributed by atoms with E-state index in [9.17, 15) is 26.3 Å². The summed E-state index contributed by atoms with van der Waals surface area (Å²) in [6, 6.07) is 0.770. The lowest BCUT2D eigenvalue weighted by atomic mass is 9.97. The average Bonchev–Trinajstić information content (AvgIpc) is 2.36. The number of nitrogens with one attached hydrogen (secondary N) is 1. The Bertz CT molecular complexity index is 529. The number of hydrogen-bond acceptors (Lipinski definition) is 3. The van der Waals surface area contributed by atoms with Crippen LogP contribution in [-0.2, 0) is 12.4 Å². The van der Waals surface area contributed by atoms with E-state index in [0.717, 1.165) is 0 Å². The van der Waals surface area contributed by atoms with E-state index in [0.29, 0.717) is 12.1 Å². The van der Waals surface area contributed by atoms with Gasteiger partial charge in [-0.15, -0.1) is 0 Å². The first-order chi connectivity index (χ1) is 9.57. The minimum absolute atomic E-state index is 0.00257. The lowest BCUT2D eigenvalue weighted by molar-refractivity contribution is -0.143. The van der Waals surface area contributed by atoms with Gasteiger partial charge in [0.25, 0.3) is 0 Å². The number of guanidine groups is 1. The predicted molar refractivity (Wildman–Crippen MR) is 63.4 cm³/mol. The van der Waals surface area contributed by atoms with Crippen molar-refractivity contribution in [3.63, 3.8) is 0 Å². The third kappa shape index (κ3) is 3.59. The molecule has 1 aliphatic rings. The maximum Gasteiger partial charge on any atom is 0.416 e. The summed E-state index contributed by atoms with van der Waals surface area (Å²) in [5.74, 6) is -0.00257. The molecule has 116 valence electrons. The second-order valence-corrected chi connectivity index (χ2v) is 4.59. The van der Waals surface area contributed by atoms with Gasteiger partial charge in [0.15, 0.2) is 5.96 Å². The molecule has 1 aromatic carbocycles. The molecule has 3 N–H and O–H groups in total. The summed E-state index contributed by atoms with van der Waals surface area (Å²) in [6.07, 6.45) is -9.45. The van der Waals surface area contributed by atoms with Crippen LogP contribution in [0.1, 0.15) is 29.2 Å². The number of nitrogens with zero attached hydrogens (tertiary/aromatic N) is 1. The van der Waals surface area contributed by atoms with Crippen LogP contribution in [0, 0.1) is 0 Å². The fourth-order valence-corrected chi connectivity index (χ4v) is 2.04. The van der Waals surface area contributed by atoms with Gasteiger partial charge in [-0.25, -0.2) is 0 Å². The Morgan fingerprint density at radius 3 is 1.95 bits per heavy atom. The summed E-state index contributed by atoms with van der Waals surface area (Å²) in [6.45, 7) is 0.237. The highest BCUT2D eigenvalue weighted by Crippen LogP contribution is 2.38. The maximum atomic E-state index is 12.7. The largest absolute Gasteiger partial charge is 0.416 e. The van der Waals surface area contributed by atoms with E-state index in [1.165, 1.54) is 0 Å². The molecule has 2 rings (SSSR count). The first kappa shape index (κ1) is 15.5. The normalized spacial score (nSPS) is 19.9. The molecule has 1 aliphatic heterocycles. The van der Waals surface area contributed by atoms with E-state index >= 15 is 0 Å². The third-order valence-electron chi connectivity index (χ3n) is 3.03. The molecule has 9 heteroatoms. The van der Waals surface area contributed by atoms with Gasteiger partial charge in [-0.05, 0) is 30.2 Å². The van der Waals surface area contributed by atoms with Gasteiger partial charge in [0, 0.05) is 6.54 Å². The highest BCUT2D eigenvalue weighted by atomic mass is 19.4. The summed E-state index contributed by atoms with van der Waals surface area (Å²) >= 11 is 0. The Balaban J connectivity index is 2.48. The van der Waals surface area contributed by atoms with Crippen LogP contribution in [0.15, 0.2) is 23.2 Å². The zero-order valence-electron chi connectivity index (χ0n) is 10.5. The van der Waals surface area contributed by atoms with Crippen molar-refractivity contribution in [2.24, 2.45) is 10.7 Å². The number of nitrogens with two attached hydrogens (primary N) is 1. The molecule has 0 aliphatic carbocycles. The summed E-state index contributed by atoms with van der Waals surface area (Å²) < 4.78 is 76.5. The Hall–Kier alpha value is -1.93. The molecule has 0 fully saturated rings. The van der Waals surface area contributed by atoms with Crippen LogP contribution >= 0.6 is 0 Å². The molecule has 3 nitrogen and oxygen atoms in total. The first-order valence-corrected chi connectivity index (χ1v) is 5.93. The third-order valence-corrected chi connectivity index (χ3v) is 3.03. The van der Waals surface area contributed by atoms with Crippen molar-refractivity contribution in [2.45, 2.75) is 24.8 Å². The number of aliphatic imine (C=N–C) groups is 1. The minimum Gasteiger partial charge on any atom is -0.370 e. The fraction of sp³-hybridized carbons (Fsp3) is 0.417. The van der Waals surface area contributed by atoms with Crippen molar-refractivity contribution < 1.29 is 26.3 Å². The first-order valence-electron chi connectivity index (χ1n) is 5.93. The van der Waals surface area contributed by atoms with E-state index in [1.807, 2.05) is 0 Å². The van der Waals surface area contributed by atoms with E-state index in [4.69, 9.17) is 5.73 Å². The molecule has 0 radical (unpaired) electrons. The summed E-state index contributed by atoms with van der Waals surface area (Å²) in [5.41, 5.74) is 2.61. The molecule has 0 spiro atoms. The van der Waals surface area contributed by atoms with Crippen LogP contribution in [-0.4, -0.2) is 12.5 Å². The standard InChI is InChI=1S/C12H11F6N3/c13-11(14,15)7-3-6(4-8(5-7)12(16,17)18)9-1-2-20-10(19)21-9/h3-5,9H,1-2H2,(H3,19,20,21). The SMILES string of the molecule is NC1=NCCC(c2cc(C(F)(F)F)cc(C(F)(F)F)c2)N1. The van der Waals surface area contributed by atoms with Crippen LogP contribution in [0.2, 0.25) is 0 Å². The number of hydrogen-bond donors (Lipinski definition) is 2. The molecule has 0 saturated heterocycles. The molecule has 1 unspecified atom stereocenters. The second-order valence-electron chi connectivity index (χ2n) is 4.59. The van der Waals surface area contributed by atoms with Gasteiger partial charge in [0.1, 0.15) is 0 Å². The molecular weight excluding hydrogens is 300 g/mol. The Morgan fingerprint density at radius 1 is 1.00 bits per heavy atom. The minimum atomic E-state index is -4.86. The highest BCUT2D eigenvalue weighted by Gasteiger charge is 2.37. The van der Waals surface area contributed by atoms with Gasteiger partial charge in [-0.1, -0.05) is 0 Å². The van der Waals surface area contributed by atoms with Crippen molar-refractivity contribution in [1.82, 2.24) is 5.32 Å². The molecule has 1 atom stereocenters. The molecule has 0 aromatic heterocycles. The molecule has 1 aromatic rings. The zero-order chi connectivity index (χ0) is 15.8. The van der Waals surface area contributed by atoms with Crippen molar-refractivity contribution >= 4 is 5.96 Å². The van der Waals surface area contributed by atoms with Gasteiger partial charge < -0.3 is 11.1 Å². The van der Waals surface area contributed by atoms with Gasteiger partial charge in [0.05, 0.1) is 17.2 Å². The summed E-state index contributed by atoms with van der Waals surface area (Å²) in [7, 11) is 0. The molecule has 0 saturated carbocycles. The predicted octanol–water partition coefficient (Wildman–Crippen LogP) is 3.07. The van der Waals surface area contributed by atoms with E-state index in [2.05, 4.69) is 10.3 Å². The van der Waals surface area contributed by atoms with Crippen molar-refractivity contribution in [3.8, 4) is 0 Å². The highest BCUT2D eigenvalue weighted by molar-refractivity contribution is 5.78. The quantitative estimate of drug-likeness (QED) is 0.783. The van der Waals surface area contributed by atoms with Crippen LogP contribution in [0.3, 0.4) is 0 Å². The zero-order valence-corrected chi connectivity index (χ0v) is 10.5. The second kappa shape index (κ2) is 5.12. The van der Waals surface area contributed by atoms with Crippen molar-refractivity contribution in [2.75, 3.05) is 6.54 Å². The van der Waals surface area contributed by atoms with E-state index in [-0.39, 0.29) is 30.6 Å². The van der Waals surface area contributed by atoms with E-state index in [1.54, 1.807) is 0 Å². The summed E-state index contributed by atoms with van der Waals surface area (Å²) in [4.78, 5) is 3.79. The Morgan fingerprint density at radius 2 is 1.52 bits per heavy atom. The topological polar surface area (TPSA) is 50.4 Å². The maximum absolute atomic E-state index is 12.7. The van der Waals surface area contributed by atoms with Gasteiger partial charge >= 0.3 is 12.4 Å². The van der Waals surface area contributed by atoms with Crippen molar-refractivity contribution in [3.05, 3.63) is 34.9 Å². The van der Waals surface area contributed by atoms with Crippen LogP contribution in [0.25, 0.3) is 0 Å². The number of benzene rings is 1. The smallest absolute Gasteiger partial charge is 0.370 e. The van der Waals surface area contributed by atoms with Gasteiger partial charge in [-0.2, -0.15) is 26.3 Å². The number of alkyl halides is 6. The van der Waals surface area contributed by atoms with Crippen LogP contribution in [0.5, 0.6) is 0 Å². The monoisotopic (exact) mass is 311 g/mol. The average molecular weight is 311 g/mol. The van der Waals surface area contributed by atoms with Crippen LogP contribution < -0.4 is 11.1 Å². The van der Waals surface area contributed by atoms with Gasteiger partial charge in [-0.3, -0.25) is 4.99 Å². The number of halogens is 6. The van der Waals surface area contributed by atoms with Gasteiger partial charge in [0.2, 0.25) is 0 Å².